The van der Waals surface area contributed by atoms with Gasteiger partial charge in [-0.15, -0.1) is 0 Å². The largest absolute Gasteiger partial charge is 0.394 e. The highest BCUT2D eigenvalue weighted by atomic mass is 32.2. The molecule has 0 fully saturated rings. The summed E-state index contributed by atoms with van der Waals surface area (Å²) in [5.41, 5.74) is -0.256. The van der Waals surface area contributed by atoms with E-state index in [0.717, 1.165) is 23.9 Å². The quantitative estimate of drug-likeness (QED) is 0.600. The standard InChI is InChI=1S/C9H18N4OS/c1-3-4-11-9(2,5-14)6-15-8-10-7-12-13-8/h7,11,14H,3-6H2,1-2H3,(H,10,12,13). The third kappa shape index (κ3) is 4.19. The van der Waals surface area contributed by atoms with Crippen LogP contribution in [0.2, 0.25) is 0 Å². The Hall–Kier alpha value is -0.590. The molecule has 3 N–H and O–H groups in total. The van der Waals surface area contributed by atoms with Crippen LogP contribution in [0.1, 0.15) is 20.3 Å². The van der Waals surface area contributed by atoms with Crippen LogP contribution in [0.3, 0.4) is 0 Å². The SMILES string of the molecule is CCCNC(C)(CO)CSc1ncn[nH]1. The van der Waals surface area contributed by atoms with Crippen molar-refractivity contribution in [3.63, 3.8) is 0 Å². The van der Waals surface area contributed by atoms with E-state index in [9.17, 15) is 5.11 Å². The van der Waals surface area contributed by atoms with Crippen molar-refractivity contribution in [2.24, 2.45) is 0 Å². The van der Waals surface area contributed by atoms with Gasteiger partial charge in [-0.05, 0) is 19.9 Å². The summed E-state index contributed by atoms with van der Waals surface area (Å²) in [4.78, 5) is 4.02. The summed E-state index contributed by atoms with van der Waals surface area (Å²) in [6, 6.07) is 0. The minimum Gasteiger partial charge on any atom is -0.394 e. The number of aromatic amines is 1. The van der Waals surface area contributed by atoms with Gasteiger partial charge in [0.1, 0.15) is 6.33 Å². The number of rotatable bonds is 7. The van der Waals surface area contributed by atoms with Crippen LogP contribution in [0.5, 0.6) is 0 Å². The van der Waals surface area contributed by atoms with E-state index in [1.165, 1.54) is 6.33 Å². The van der Waals surface area contributed by atoms with E-state index < -0.39 is 0 Å². The van der Waals surface area contributed by atoms with Gasteiger partial charge in [0.25, 0.3) is 0 Å². The van der Waals surface area contributed by atoms with Crippen molar-refractivity contribution in [2.75, 3.05) is 18.9 Å². The Kier molecular flexibility index (Phi) is 5.07. The maximum absolute atomic E-state index is 9.32. The predicted octanol–water partition coefficient (Wildman–Crippen LogP) is 0.647. The Morgan fingerprint density at radius 2 is 2.47 bits per heavy atom. The average molecular weight is 230 g/mol. The molecule has 1 atom stereocenters. The van der Waals surface area contributed by atoms with Crippen LogP contribution < -0.4 is 5.32 Å². The van der Waals surface area contributed by atoms with Gasteiger partial charge in [-0.25, -0.2) is 4.98 Å². The van der Waals surface area contributed by atoms with Gasteiger partial charge in [-0.1, -0.05) is 18.7 Å². The van der Waals surface area contributed by atoms with Crippen LogP contribution >= 0.6 is 11.8 Å². The molecular formula is C9H18N4OS. The molecule has 0 bridgehead atoms. The molecule has 86 valence electrons. The van der Waals surface area contributed by atoms with Gasteiger partial charge in [0, 0.05) is 11.3 Å². The third-order valence-electron chi connectivity index (χ3n) is 2.07. The number of nitrogens with zero attached hydrogens (tertiary/aromatic N) is 2. The summed E-state index contributed by atoms with van der Waals surface area (Å²) in [6.45, 7) is 5.14. The fraction of sp³-hybridized carbons (Fsp3) is 0.778. The number of aliphatic hydroxyl groups is 1. The predicted molar refractivity (Wildman–Crippen MR) is 60.9 cm³/mol. The fourth-order valence-electron chi connectivity index (χ4n) is 1.07. The molecule has 0 aliphatic heterocycles. The molecule has 0 radical (unpaired) electrons. The molecule has 0 aliphatic rings. The highest BCUT2D eigenvalue weighted by Gasteiger charge is 2.22. The molecule has 0 aromatic carbocycles. The third-order valence-corrected chi connectivity index (χ3v) is 3.32. The van der Waals surface area contributed by atoms with E-state index >= 15 is 0 Å². The Labute approximate surface area is 94.1 Å². The van der Waals surface area contributed by atoms with E-state index in [1.54, 1.807) is 11.8 Å². The van der Waals surface area contributed by atoms with Crippen molar-refractivity contribution in [1.29, 1.82) is 0 Å². The minimum atomic E-state index is -0.256. The first-order valence-electron chi connectivity index (χ1n) is 5.04. The number of hydrogen-bond acceptors (Lipinski definition) is 5. The van der Waals surface area contributed by atoms with Gasteiger partial charge in [-0.2, -0.15) is 5.10 Å². The number of aromatic nitrogens is 3. The first-order chi connectivity index (χ1) is 7.20. The van der Waals surface area contributed by atoms with Gasteiger partial charge in [0.2, 0.25) is 0 Å². The lowest BCUT2D eigenvalue weighted by Crippen LogP contribution is -2.48. The van der Waals surface area contributed by atoms with Crippen molar-refractivity contribution < 1.29 is 5.11 Å². The zero-order valence-electron chi connectivity index (χ0n) is 9.16. The van der Waals surface area contributed by atoms with Gasteiger partial charge in [-0.3, -0.25) is 5.10 Å². The second-order valence-electron chi connectivity index (χ2n) is 3.72. The number of aliphatic hydroxyl groups excluding tert-OH is 1. The molecule has 1 aromatic heterocycles. The number of thioether (sulfide) groups is 1. The zero-order valence-corrected chi connectivity index (χ0v) is 9.97. The summed E-state index contributed by atoms with van der Waals surface area (Å²) in [6.07, 6.45) is 2.54. The monoisotopic (exact) mass is 230 g/mol. The molecule has 0 spiro atoms. The smallest absolute Gasteiger partial charge is 0.183 e. The summed E-state index contributed by atoms with van der Waals surface area (Å²) in [7, 11) is 0. The van der Waals surface area contributed by atoms with Crippen LogP contribution in [0.25, 0.3) is 0 Å². The Bertz CT molecular complexity index is 267. The molecule has 1 unspecified atom stereocenters. The van der Waals surface area contributed by atoms with Crippen LogP contribution in [0.4, 0.5) is 0 Å². The molecule has 0 aliphatic carbocycles. The normalized spacial score (nSPS) is 15.1. The van der Waals surface area contributed by atoms with Crippen LogP contribution in [0, 0.1) is 0 Å². The molecule has 0 saturated carbocycles. The lowest BCUT2D eigenvalue weighted by Gasteiger charge is -2.27. The van der Waals surface area contributed by atoms with E-state index in [1.807, 2.05) is 6.92 Å². The molecule has 6 heteroatoms. The Morgan fingerprint density at radius 1 is 1.67 bits per heavy atom. The van der Waals surface area contributed by atoms with E-state index in [0.29, 0.717) is 0 Å². The molecule has 5 nitrogen and oxygen atoms in total. The summed E-state index contributed by atoms with van der Waals surface area (Å²) >= 11 is 1.56. The fourth-order valence-corrected chi connectivity index (χ4v) is 1.96. The highest BCUT2D eigenvalue weighted by Crippen LogP contribution is 2.18. The van der Waals surface area contributed by atoms with Crippen molar-refractivity contribution in [3.05, 3.63) is 6.33 Å². The van der Waals surface area contributed by atoms with Crippen molar-refractivity contribution >= 4 is 11.8 Å². The lowest BCUT2D eigenvalue weighted by atomic mass is 10.1. The first kappa shape index (κ1) is 12.5. The first-order valence-corrected chi connectivity index (χ1v) is 6.03. The molecule has 15 heavy (non-hydrogen) atoms. The molecule has 1 rings (SSSR count). The van der Waals surface area contributed by atoms with Gasteiger partial charge < -0.3 is 10.4 Å². The number of hydrogen-bond donors (Lipinski definition) is 3. The molecule has 1 heterocycles. The van der Waals surface area contributed by atoms with Gasteiger partial charge >= 0.3 is 0 Å². The Balaban J connectivity index is 2.38. The van der Waals surface area contributed by atoms with Crippen molar-refractivity contribution in [1.82, 2.24) is 20.5 Å². The average Bonchev–Trinajstić information content (AvgIpc) is 2.76. The van der Waals surface area contributed by atoms with Gasteiger partial charge in [0.05, 0.1) is 6.61 Å². The minimum absolute atomic E-state index is 0.119. The van der Waals surface area contributed by atoms with E-state index in [-0.39, 0.29) is 12.1 Å². The second kappa shape index (κ2) is 6.09. The second-order valence-corrected chi connectivity index (χ2v) is 4.69. The van der Waals surface area contributed by atoms with E-state index in [4.69, 9.17) is 0 Å². The number of nitrogens with one attached hydrogen (secondary N) is 2. The number of H-pyrrole nitrogens is 1. The molecule has 1 aromatic rings. The lowest BCUT2D eigenvalue weighted by molar-refractivity contribution is 0.192. The maximum Gasteiger partial charge on any atom is 0.183 e. The van der Waals surface area contributed by atoms with Crippen LogP contribution in [-0.4, -0.2) is 44.7 Å². The maximum atomic E-state index is 9.32. The topological polar surface area (TPSA) is 73.8 Å². The summed E-state index contributed by atoms with van der Waals surface area (Å²) in [5, 5.41) is 20.0. The molecule has 0 amide bonds. The summed E-state index contributed by atoms with van der Waals surface area (Å²) in [5.74, 6) is 0.763. The molecular weight excluding hydrogens is 212 g/mol. The Morgan fingerprint density at radius 3 is 3.00 bits per heavy atom. The summed E-state index contributed by atoms with van der Waals surface area (Å²) < 4.78 is 0. The van der Waals surface area contributed by atoms with Crippen LogP contribution in [0.15, 0.2) is 11.5 Å². The van der Waals surface area contributed by atoms with Crippen molar-refractivity contribution in [2.45, 2.75) is 31.0 Å². The molecule has 0 saturated heterocycles. The van der Waals surface area contributed by atoms with Crippen LogP contribution in [-0.2, 0) is 0 Å². The zero-order chi connectivity index (χ0) is 11.1. The highest BCUT2D eigenvalue weighted by molar-refractivity contribution is 7.99. The van der Waals surface area contributed by atoms with Crippen molar-refractivity contribution in [3.8, 4) is 0 Å². The van der Waals surface area contributed by atoms with E-state index in [2.05, 4.69) is 27.4 Å². The van der Waals surface area contributed by atoms with Gasteiger partial charge in [0.15, 0.2) is 5.16 Å².